The van der Waals surface area contributed by atoms with Crippen molar-refractivity contribution in [1.82, 2.24) is 0 Å². The van der Waals surface area contributed by atoms with Gasteiger partial charge in [-0.05, 0) is 31.5 Å². The summed E-state index contributed by atoms with van der Waals surface area (Å²) in [5, 5.41) is 10.8. The van der Waals surface area contributed by atoms with Gasteiger partial charge in [0.2, 0.25) is 0 Å². The highest BCUT2D eigenvalue weighted by Gasteiger charge is 2.18. The van der Waals surface area contributed by atoms with Crippen LogP contribution in [0, 0.1) is 0 Å². The highest BCUT2D eigenvalue weighted by molar-refractivity contribution is 6.34. The van der Waals surface area contributed by atoms with Crippen LogP contribution in [0.15, 0.2) is 18.2 Å². The van der Waals surface area contributed by atoms with E-state index in [2.05, 4.69) is 0 Å². The van der Waals surface area contributed by atoms with Crippen LogP contribution in [-0.2, 0) is 0 Å². The number of rotatable bonds is 4. The monoisotopic (exact) mass is 248 g/mol. The van der Waals surface area contributed by atoms with Crippen LogP contribution in [0.2, 0.25) is 10.0 Å². The first-order chi connectivity index (χ1) is 6.93. The molecule has 1 N–H and O–H groups in total. The molecule has 4 heteroatoms. The van der Waals surface area contributed by atoms with Gasteiger partial charge in [0, 0.05) is 10.0 Å². The highest BCUT2D eigenvalue weighted by Crippen LogP contribution is 2.25. The van der Waals surface area contributed by atoms with Crippen molar-refractivity contribution in [1.29, 1.82) is 0 Å². The van der Waals surface area contributed by atoms with Crippen molar-refractivity contribution in [2.24, 2.45) is 0 Å². The van der Waals surface area contributed by atoms with E-state index in [1.54, 1.807) is 25.1 Å². The van der Waals surface area contributed by atoms with Crippen LogP contribution >= 0.6 is 23.2 Å². The maximum atomic E-state index is 9.73. The predicted molar refractivity (Wildman–Crippen MR) is 62.9 cm³/mol. The van der Waals surface area contributed by atoms with Gasteiger partial charge >= 0.3 is 0 Å². The third-order valence-electron chi connectivity index (χ3n) is 2.15. The van der Waals surface area contributed by atoms with E-state index in [1.807, 2.05) is 6.92 Å². The fraction of sp³-hybridized carbons (Fsp3) is 0.455. The Morgan fingerprint density at radius 2 is 1.80 bits per heavy atom. The zero-order chi connectivity index (χ0) is 11.5. The number of hydrogen-bond donors (Lipinski definition) is 1. The maximum absolute atomic E-state index is 9.73. The van der Waals surface area contributed by atoms with Gasteiger partial charge in [0.1, 0.15) is 12.4 Å². The molecule has 0 saturated carbocycles. The average Bonchev–Trinajstić information content (AvgIpc) is 2.14. The van der Waals surface area contributed by atoms with Gasteiger partial charge in [-0.15, -0.1) is 0 Å². The third kappa shape index (κ3) is 4.29. The second-order valence-electron chi connectivity index (χ2n) is 3.74. The van der Waals surface area contributed by atoms with Crippen molar-refractivity contribution in [3.05, 3.63) is 28.2 Å². The Balaban J connectivity index is 2.65. The Hall–Kier alpha value is -0.440. The molecular weight excluding hydrogens is 235 g/mol. The van der Waals surface area contributed by atoms with Crippen LogP contribution < -0.4 is 4.74 Å². The smallest absolute Gasteiger partial charge is 0.122 e. The van der Waals surface area contributed by atoms with Crippen LogP contribution in [-0.4, -0.2) is 17.3 Å². The molecule has 0 radical (unpaired) electrons. The first-order valence-corrected chi connectivity index (χ1v) is 5.50. The van der Waals surface area contributed by atoms with Crippen molar-refractivity contribution in [2.75, 3.05) is 6.61 Å². The Bertz CT molecular complexity index is 317. The van der Waals surface area contributed by atoms with Gasteiger partial charge in [-0.2, -0.15) is 0 Å². The van der Waals surface area contributed by atoms with Crippen LogP contribution in [0.4, 0.5) is 0 Å². The zero-order valence-electron chi connectivity index (χ0n) is 8.76. The van der Waals surface area contributed by atoms with Crippen LogP contribution in [0.25, 0.3) is 0 Å². The Morgan fingerprint density at radius 1 is 1.27 bits per heavy atom. The fourth-order valence-corrected chi connectivity index (χ4v) is 1.46. The minimum Gasteiger partial charge on any atom is -0.491 e. The average molecular weight is 249 g/mol. The number of hydrogen-bond acceptors (Lipinski definition) is 2. The summed E-state index contributed by atoms with van der Waals surface area (Å²) in [6, 6.07) is 4.96. The minimum atomic E-state index is -0.825. The first-order valence-electron chi connectivity index (χ1n) is 4.74. The molecule has 1 atom stereocenters. The standard InChI is InChI=1S/C11H14Cl2O2/c1-3-11(2,14)7-15-10-5-8(12)4-9(13)6-10/h4-6,14H,3,7H2,1-2H3. The van der Waals surface area contributed by atoms with Crippen molar-refractivity contribution < 1.29 is 9.84 Å². The van der Waals surface area contributed by atoms with Crippen molar-refractivity contribution in [3.63, 3.8) is 0 Å². The number of aliphatic hydroxyl groups is 1. The molecule has 0 spiro atoms. The molecule has 1 aromatic carbocycles. The summed E-state index contributed by atoms with van der Waals surface area (Å²) >= 11 is 11.6. The zero-order valence-corrected chi connectivity index (χ0v) is 10.3. The highest BCUT2D eigenvalue weighted by atomic mass is 35.5. The molecule has 1 unspecified atom stereocenters. The topological polar surface area (TPSA) is 29.5 Å². The molecular formula is C11H14Cl2O2. The lowest BCUT2D eigenvalue weighted by Crippen LogP contribution is -2.31. The Labute approximate surface area is 99.8 Å². The maximum Gasteiger partial charge on any atom is 0.122 e. The van der Waals surface area contributed by atoms with E-state index in [0.29, 0.717) is 22.2 Å². The van der Waals surface area contributed by atoms with Crippen LogP contribution in [0.3, 0.4) is 0 Å². The van der Waals surface area contributed by atoms with E-state index in [0.717, 1.165) is 0 Å². The van der Waals surface area contributed by atoms with Crippen molar-refractivity contribution in [3.8, 4) is 5.75 Å². The molecule has 1 rings (SSSR count). The molecule has 0 amide bonds. The molecule has 15 heavy (non-hydrogen) atoms. The van der Waals surface area contributed by atoms with Crippen molar-refractivity contribution in [2.45, 2.75) is 25.9 Å². The number of halogens is 2. The molecule has 0 heterocycles. The summed E-state index contributed by atoms with van der Waals surface area (Å²) < 4.78 is 5.40. The summed E-state index contributed by atoms with van der Waals surface area (Å²) in [5.74, 6) is 0.571. The summed E-state index contributed by atoms with van der Waals surface area (Å²) in [6.07, 6.45) is 0.626. The summed E-state index contributed by atoms with van der Waals surface area (Å²) in [5.41, 5.74) is -0.825. The van der Waals surface area contributed by atoms with E-state index >= 15 is 0 Å². The molecule has 0 bridgehead atoms. The molecule has 0 aliphatic rings. The Morgan fingerprint density at radius 3 is 2.27 bits per heavy atom. The van der Waals surface area contributed by atoms with Gasteiger partial charge in [0.15, 0.2) is 0 Å². The van der Waals surface area contributed by atoms with Crippen LogP contribution in [0.5, 0.6) is 5.75 Å². The molecule has 84 valence electrons. The van der Waals surface area contributed by atoms with Gasteiger partial charge in [-0.1, -0.05) is 30.1 Å². The second-order valence-corrected chi connectivity index (χ2v) is 4.62. The number of benzene rings is 1. The lowest BCUT2D eigenvalue weighted by molar-refractivity contribution is 0.00847. The van der Waals surface area contributed by atoms with Gasteiger partial charge in [-0.25, -0.2) is 0 Å². The summed E-state index contributed by atoms with van der Waals surface area (Å²) in [6.45, 7) is 3.84. The van der Waals surface area contributed by atoms with Gasteiger partial charge < -0.3 is 9.84 Å². The quantitative estimate of drug-likeness (QED) is 0.884. The normalized spacial score (nSPS) is 14.7. The minimum absolute atomic E-state index is 0.222. The SMILES string of the molecule is CCC(C)(O)COc1cc(Cl)cc(Cl)c1. The molecule has 0 aromatic heterocycles. The molecule has 0 fully saturated rings. The van der Waals surface area contributed by atoms with E-state index < -0.39 is 5.60 Å². The summed E-state index contributed by atoms with van der Waals surface area (Å²) in [7, 11) is 0. The van der Waals surface area contributed by atoms with Gasteiger partial charge in [0.05, 0.1) is 5.60 Å². The van der Waals surface area contributed by atoms with E-state index in [9.17, 15) is 5.11 Å². The molecule has 2 nitrogen and oxygen atoms in total. The molecule has 0 aliphatic carbocycles. The fourth-order valence-electron chi connectivity index (χ4n) is 0.953. The molecule has 0 saturated heterocycles. The van der Waals surface area contributed by atoms with E-state index in [4.69, 9.17) is 27.9 Å². The van der Waals surface area contributed by atoms with Gasteiger partial charge in [-0.3, -0.25) is 0 Å². The van der Waals surface area contributed by atoms with Gasteiger partial charge in [0.25, 0.3) is 0 Å². The number of ether oxygens (including phenoxy) is 1. The van der Waals surface area contributed by atoms with Crippen LogP contribution in [0.1, 0.15) is 20.3 Å². The van der Waals surface area contributed by atoms with E-state index in [1.165, 1.54) is 0 Å². The first kappa shape index (κ1) is 12.6. The van der Waals surface area contributed by atoms with Crippen molar-refractivity contribution >= 4 is 23.2 Å². The predicted octanol–water partition coefficient (Wildman–Crippen LogP) is 3.53. The lowest BCUT2D eigenvalue weighted by Gasteiger charge is -2.21. The third-order valence-corrected chi connectivity index (χ3v) is 2.58. The largest absolute Gasteiger partial charge is 0.491 e. The van der Waals surface area contributed by atoms with E-state index in [-0.39, 0.29) is 6.61 Å². The summed E-state index contributed by atoms with van der Waals surface area (Å²) in [4.78, 5) is 0. The second kappa shape index (κ2) is 5.06. The Kier molecular flexibility index (Phi) is 4.26. The lowest BCUT2D eigenvalue weighted by atomic mass is 10.1. The molecule has 0 aliphatic heterocycles. The molecule has 1 aromatic rings.